The standard InChI is InChI=1S/C13H18N4OS/c14-7-10-11(15)16-19-12(10)17-6-5-13(18)4-2-1-3-9(13)8-17/h9,18H,1-6,8H2,(H2,15,16). The molecule has 0 aromatic carbocycles. The fourth-order valence-corrected chi connectivity index (χ4v) is 4.17. The third-order valence-corrected chi connectivity index (χ3v) is 5.45. The summed E-state index contributed by atoms with van der Waals surface area (Å²) < 4.78 is 4.08. The van der Waals surface area contributed by atoms with Crippen molar-refractivity contribution in [3.8, 4) is 6.07 Å². The van der Waals surface area contributed by atoms with E-state index in [0.717, 1.165) is 43.8 Å². The highest BCUT2D eigenvalue weighted by molar-refractivity contribution is 7.10. The van der Waals surface area contributed by atoms with Crippen LogP contribution in [0, 0.1) is 17.2 Å². The molecule has 2 atom stereocenters. The highest BCUT2D eigenvalue weighted by Crippen LogP contribution is 2.42. The van der Waals surface area contributed by atoms with Gasteiger partial charge in [-0.3, -0.25) is 0 Å². The summed E-state index contributed by atoms with van der Waals surface area (Å²) in [5.74, 6) is 0.636. The number of piperidine rings is 1. The summed E-state index contributed by atoms with van der Waals surface area (Å²) in [5, 5.41) is 20.7. The van der Waals surface area contributed by atoms with E-state index in [4.69, 9.17) is 11.0 Å². The van der Waals surface area contributed by atoms with E-state index in [-0.39, 0.29) is 0 Å². The molecule has 0 radical (unpaired) electrons. The van der Waals surface area contributed by atoms with Gasteiger partial charge >= 0.3 is 0 Å². The first-order valence-electron chi connectivity index (χ1n) is 6.76. The molecule has 5 nitrogen and oxygen atoms in total. The number of aliphatic hydroxyl groups is 1. The van der Waals surface area contributed by atoms with E-state index in [2.05, 4.69) is 15.3 Å². The van der Waals surface area contributed by atoms with Gasteiger partial charge in [-0.25, -0.2) is 0 Å². The zero-order chi connectivity index (χ0) is 13.5. The Hall–Kier alpha value is -1.32. The van der Waals surface area contributed by atoms with Gasteiger partial charge in [0.2, 0.25) is 0 Å². The van der Waals surface area contributed by atoms with E-state index in [1.807, 2.05) is 0 Å². The Morgan fingerprint density at radius 2 is 2.32 bits per heavy atom. The number of nitrogen functional groups attached to an aromatic ring is 1. The summed E-state index contributed by atoms with van der Waals surface area (Å²) >= 11 is 1.29. The summed E-state index contributed by atoms with van der Waals surface area (Å²) in [6.07, 6.45) is 5.09. The van der Waals surface area contributed by atoms with Crippen molar-refractivity contribution < 1.29 is 5.11 Å². The third-order valence-electron chi connectivity index (χ3n) is 4.53. The summed E-state index contributed by atoms with van der Waals surface area (Å²) in [5.41, 5.74) is 5.72. The number of rotatable bonds is 1. The van der Waals surface area contributed by atoms with E-state index in [0.29, 0.717) is 17.3 Å². The second kappa shape index (κ2) is 4.66. The predicted octanol–water partition coefficient (Wildman–Crippen LogP) is 1.73. The monoisotopic (exact) mass is 278 g/mol. The van der Waals surface area contributed by atoms with Gasteiger partial charge in [-0.2, -0.15) is 9.64 Å². The maximum absolute atomic E-state index is 10.7. The number of fused-ring (bicyclic) bond motifs is 1. The Labute approximate surface area is 116 Å². The van der Waals surface area contributed by atoms with Crippen LogP contribution in [0.1, 0.15) is 37.7 Å². The fraction of sp³-hybridized carbons (Fsp3) is 0.692. The van der Waals surface area contributed by atoms with Crippen LogP contribution >= 0.6 is 11.5 Å². The van der Waals surface area contributed by atoms with E-state index < -0.39 is 5.60 Å². The Bertz CT molecular complexity index is 523. The highest BCUT2D eigenvalue weighted by atomic mass is 32.1. The highest BCUT2D eigenvalue weighted by Gasteiger charge is 2.43. The molecule has 2 fully saturated rings. The number of aromatic nitrogens is 1. The molecular formula is C13H18N4OS. The number of hydrogen-bond acceptors (Lipinski definition) is 6. The Morgan fingerprint density at radius 1 is 1.47 bits per heavy atom. The molecule has 0 spiro atoms. The summed E-state index contributed by atoms with van der Waals surface area (Å²) in [4.78, 5) is 2.18. The maximum atomic E-state index is 10.7. The second-order valence-corrected chi connectivity index (χ2v) is 6.35. The molecule has 1 aromatic rings. The molecule has 0 amide bonds. The van der Waals surface area contributed by atoms with Crippen LogP contribution in [0.15, 0.2) is 0 Å². The molecule has 0 bridgehead atoms. The lowest BCUT2D eigenvalue weighted by Gasteiger charge is -2.47. The minimum Gasteiger partial charge on any atom is -0.389 e. The van der Waals surface area contributed by atoms with Crippen molar-refractivity contribution in [1.29, 1.82) is 5.26 Å². The van der Waals surface area contributed by atoms with Gasteiger partial charge in [0.05, 0.1) is 5.60 Å². The molecule has 2 aliphatic rings. The average Bonchev–Trinajstić information content (AvgIpc) is 2.78. The van der Waals surface area contributed by atoms with Crippen LogP contribution in [0.3, 0.4) is 0 Å². The van der Waals surface area contributed by atoms with Crippen LogP contribution in [-0.4, -0.2) is 28.2 Å². The molecule has 3 N–H and O–H groups in total. The average molecular weight is 278 g/mol. The first-order valence-corrected chi connectivity index (χ1v) is 7.54. The number of anilines is 2. The van der Waals surface area contributed by atoms with Crippen molar-refractivity contribution in [3.05, 3.63) is 5.56 Å². The SMILES string of the molecule is N#Cc1c(N)nsc1N1CCC2(O)CCCCC2C1. The van der Waals surface area contributed by atoms with Crippen molar-refractivity contribution >= 4 is 22.4 Å². The normalized spacial score (nSPS) is 30.7. The van der Waals surface area contributed by atoms with Crippen LogP contribution in [-0.2, 0) is 0 Å². The van der Waals surface area contributed by atoms with Crippen molar-refractivity contribution in [2.75, 3.05) is 23.7 Å². The van der Waals surface area contributed by atoms with Crippen LogP contribution in [0.25, 0.3) is 0 Å². The number of nitriles is 1. The largest absolute Gasteiger partial charge is 0.389 e. The number of hydrogen-bond donors (Lipinski definition) is 2. The maximum Gasteiger partial charge on any atom is 0.157 e. The van der Waals surface area contributed by atoms with E-state index in [1.165, 1.54) is 18.0 Å². The van der Waals surface area contributed by atoms with Gasteiger partial charge in [0.25, 0.3) is 0 Å². The Balaban J connectivity index is 1.83. The van der Waals surface area contributed by atoms with Crippen LogP contribution in [0.4, 0.5) is 10.8 Å². The zero-order valence-electron chi connectivity index (χ0n) is 10.8. The molecule has 1 saturated carbocycles. The van der Waals surface area contributed by atoms with Crippen LogP contribution < -0.4 is 10.6 Å². The molecule has 1 aliphatic carbocycles. The molecule has 102 valence electrons. The molecule has 19 heavy (non-hydrogen) atoms. The topological polar surface area (TPSA) is 86.2 Å². The quantitative estimate of drug-likeness (QED) is 0.817. The van der Waals surface area contributed by atoms with Gasteiger partial charge in [-0.15, -0.1) is 0 Å². The summed E-state index contributed by atoms with van der Waals surface area (Å²) in [6.45, 7) is 1.59. The Kier molecular flexibility index (Phi) is 3.11. The lowest BCUT2D eigenvalue weighted by Crippen LogP contribution is -2.53. The molecule has 1 aliphatic heterocycles. The van der Waals surface area contributed by atoms with E-state index in [1.54, 1.807) is 0 Å². The van der Waals surface area contributed by atoms with E-state index in [9.17, 15) is 5.11 Å². The molecule has 3 rings (SSSR count). The third kappa shape index (κ3) is 2.07. The second-order valence-electron chi connectivity index (χ2n) is 5.60. The fourth-order valence-electron chi connectivity index (χ4n) is 3.37. The summed E-state index contributed by atoms with van der Waals surface area (Å²) in [6, 6.07) is 2.14. The molecule has 2 unspecified atom stereocenters. The van der Waals surface area contributed by atoms with Gasteiger partial charge in [0, 0.05) is 19.0 Å². The molecule has 2 heterocycles. The lowest BCUT2D eigenvalue weighted by molar-refractivity contribution is -0.0611. The lowest BCUT2D eigenvalue weighted by atomic mass is 9.71. The number of nitrogens with two attached hydrogens (primary N) is 1. The van der Waals surface area contributed by atoms with Gasteiger partial charge in [0.1, 0.15) is 16.6 Å². The summed E-state index contributed by atoms with van der Waals surface area (Å²) in [7, 11) is 0. The minimum atomic E-state index is -0.488. The van der Waals surface area contributed by atoms with Crippen molar-refractivity contribution in [2.45, 2.75) is 37.7 Å². The smallest absolute Gasteiger partial charge is 0.157 e. The predicted molar refractivity (Wildman–Crippen MR) is 75.0 cm³/mol. The van der Waals surface area contributed by atoms with E-state index >= 15 is 0 Å². The molecule has 6 heteroatoms. The van der Waals surface area contributed by atoms with Gasteiger partial charge in [-0.1, -0.05) is 12.8 Å². The van der Waals surface area contributed by atoms with Gasteiger partial charge in [0.15, 0.2) is 5.82 Å². The first-order chi connectivity index (χ1) is 9.14. The van der Waals surface area contributed by atoms with Crippen LogP contribution in [0.5, 0.6) is 0 Å². The minimum absolute atomic E-state index is 0.310. The van der Waals surface area contributed by atoms with Crippen molar-refractivity contribution in [1.82, 2.24) is 4.37 Å². The van der Waals surface area contributed by atoms with Gasteiger partial charge in [-0.05, 0) is 30.8 Å². The number of nitrogens with zero attached hydrogens (tertiary/aromatic N) is 3. The first kappa shape index (κ1) is 12.7. The molecule has 1 saturated heterocycles. The molecule has 1 aromatic heterocycles. The van der Waals surface area contributed by atoms with Crippen molar-refractivity contribution in [2.24, 2.45) is 5.92 Å². The van der Waals surface area contributed by atoms with Crippen molar-refractivity contribution in [3.63, 3.8) is 0 Å². The van der Waals surface area contributed by atoms with Crippen LogP contribution in [0.2, 0.25) is 0 Å². The zero-order valence-corrected chi connectivity index (χ0v) is 11.6. The molecular weight excluding hydrogens is 260 g/mol. The Morgan fingerprint density at radius 3 is 3.11 bits per heavy atom. The van der Waals surface area contributed by atoms with Gasteiger partial charge < -0.3 is 15.7 Å².